The molecule has 0 radical (unpaired) electrons. The molecule has 0 amide bonds. The van der Waals surface area contributed by atoms with Gasteiger partial charge in [-0.05, 0) is 44.6 Å². The number of aromatic nitrogens is 1. The monoisotopic (exact) mass is 289 g/mol. The van der Waals surface area contributed by atoms with E-state index in [9.17, 15) is 0 Å². The van der Waals surface area contributed by atoms with Crippen LogP contribution in [0.1, 0.15) is 38.2 Å². The molecule has 2 aliphatic rings. The molecule has 4 nitrogen and oxygen atoms in total. The van der Waals surface area contributed by atoms with E-state index in [1.165, 1.54) is 36.9 Å². The van der Waals surface area contributed by atoms with Crippen LogP contribution in [0, 0.1) is 5.92 Å². The highest BCUT2D eigenvalue weighted by molar-refractivity contribution is 5.53. The maximum Gasteiger partial charge on any atom is 0.0637 e. The Kier molecular flexibility index (Phi) is 4.76. The van der Waals surface area contributed by atoms with Gasteiger partial charge in [-0.15, -0.1) is 0 Å². The molecule has 2 aliphatic carbocycles. The van der Waals surface area contributed by atoms with Gasteiger partial charge in [0.25, 0.3) is 0 Å². The highest BCUT2D eigenvalue weighted by atomic mass is 16.5. The quantitative estimate of drug-likeness (QED) is 0.758. The van der Waals surface area contributed by atoms with Crippen molar-refractivity contribution in [3.63, 3.8) is 0 Å². The van der Waals surface area contributed by atoms with Crippen molar-refractivity contribution in [1.29, 1.82) is 0 Å². The van der Waals surface area contributed by atoms with E-state index in [4.69, 9.17) is 4.74 Å². The van der Waals surface area contributed by atoms with E-state index < -0.39 is 0 Å². The Morgan fingerprint density at radius 3 is 2.86 bits per heavy atom. The van der Waals surface area contributed by atoms with Crippen molar-refractivity contribution in [2.45, 2.75) is 51.2 Å². The van der Waals surface area contributed by atoms with Gasteiger partial charge in [-0.2, -0.15) is 0 Å². The molecule has 116 valence electrons. The molecule has 2 saturated carbocycles. The maximum absolute atomic E-state index is 5.32. The van der Waals surface area contributed by atoms with Crippen molar-refractivity contribution in [2.24, 2.45) is 5.92 Å². The van der Waals surface area contributed by atoms with Gasteiger partial charge in [0.1, 0.15) is 0 Å². The second-order valence-electron chi connectivity index (χ2n) is 6.42. The van der Waals surface area contributed by atoms with Gasteiger partial charge in [0.2, 0.25) is 0 Å². The third kappa shape index (κ3) is 3.95. The molecule has 1 heterocycles. The molecule has 1 N–H and O–H groups in total. The summed E-state index contributed by atoms with van der Waals surface area (Å²) in [4.78, 5) is 6.85. The molecule has 1 aromatic rings. The lowest BCUT2D eigenvalue weighted by Gasteiger charge is -2.33. The highest BCUT2D eigenvalue weighted by Gasteiger charge is 2.32. The first-order valence-electron chi connectivity index (χ1n) is 8.21. The summed E-state index contributed by atoms with van der Waals surface area (Å²) >= 11 is 0. The van der Waals surface area contributed by atoms with E-state index >= 15 is 0 Å². The van der Waals surface area contributed by atoms with Gasteiger partial charge in [-0.25, -0.2) is 0 Å². The molecule has 1 aromatic heterocycles. The number of anilines is 1. The first kappa shape index (κ1) is 14.8. The van der Waals surface area contributed by atoms with Crippen LogP contribution in [0.5, 0.6) is 0 Å². The number of methoxy groups -OCH3 is 1. The van der Waals surface area contributed by atoms with Gasteiger partial charge in [0.15, 0.2) is 0 Å². The third-order valence-corrected chi connectivity index (χ3v) is 4.68. The molecule has 4 heteroatoms. The smallest absolute Gasteiger partial charge is 0.0637 e. The van der Waals surface area contributed by atoms with Crippen LogP contribution in [0.3, 0.4) is 0 Å². The fourth-order valence-electron chi connectivity index (χ4n) is 2.94. The van der Waals surface area contributed by atoms with E-state index in [1.807, 2.05) is 12.4 Å². The molecule has 0 spiro atoms. The predicted octanol–water partition coefficient (Wildman–Crippen LogP) is 2.58. The number of nitrogens with one attached hydrogen (secondary N) is 1. The van der Waals surface area contributed by atoms with E-state index in [2.05, 4.69) is 28.2 Å². The molecule has 3 rings (SSSR count). The molecular formula is C17H27N3O. The maximum atomic E-state index is 5.32. The number of pyridine rings is 1. The number of rotatable bonds is 9. The standard InChI is InChI=1S/C17H27N3O/c1-13(14-3-4-14)20(9-10-21-2)17-7-8-18-11-15(17)12-19-16-5-6-16/h7-8,11,13-14,16,19H,3-6,9-10,12H2,1-2H3. The number of nitrogens with zero attached hydrogens (tertiary/aromatic N) is 2. The summed E-state index contributed by atoms with van der Waals surface area (Å²) in [6.45, 7) is 5.00. The molecule has 1 unspecified atom stereocenters. The fraction of sp³-hybridized carbons (Fsp3) is 0.706. The van der Waals surface area contributed by atoms with Crippen LogP contribution in [-0.2, 0) is 11.3 Å². The minimum Gasteiger partial charge on any atom is -0.383 e. The Balaban J connectivity index is 1.75. The van der Waals surface area contributed by atoms with Crippen LogP contribution in [-0.4, -0.2) is 37.3 Å². The molecule has 0 saturated heterocycles. The largest absolute Gasteiger partial charge is 0.383 e. The average molecular weight is 289 g/mol. The van der Waals surface area contributed by atoms with Gasteiger partial charge in [0.05, 0.1) is 6.61 Å². The molecule has 1 atom stereocenters. The van der Waals surface area contributed by atoms with Crippen LogP contribution in [0.15, 0.2) is 18.5 Å². The van der Waals surface area contributed by atoms with Crippen LogP contribution in [0.4, 0.5) is 5.69 Å². The zero-order chi connectivity index (χ0) is 14.7. The summed E-state index contributed by atoms with van der Waals surface area (Å²) in [5.74, 6) is 0.847. The lowest BCUT2D eigenvalue weighted by atomic mass is 10.1. The van der Waals surface area contributed by atoms with E-state index in [0.717, 1.165) is 31.7 Å². The molecule has 2 fully saturated rings. The molecule has 21 heavy (non-hydrogen) atoms. The van der Waals surface area contributed by atoms with E-state index in [-0.39, 0.29) is 0 Å². The molecular weight excluding hydrogens is 262 g/mol. The summed E-state index contributed by atoms with van der Waals surface area (Å²) < 4.78 is 5.32. The van der Waals surface area contributed by atoms with Crippen molar-refractivity contribution >= 4 is 5.69 Å². The van der Waals surface area contributed by atoms with Crippen LogP contribution in [0.2, 0.25) is 0 Å². The first-order chi connectivity index (χ1) is 10.3. The summed E-state index contributed by atoms with van der Waals surface area (Å²) in [5, 5.41) is 3.61. The number of hydrogen-bond donors (Lipinski definition) is 1. The Bertz CT molecular complexity index is 457. The van der Waals surface area contributed by atoms with Gasteiger partial charge in [-0.3, -0.25) is 4.98 Å². The van der Waals surface area contributed by atoms with Gasteiger partial charge in [-0.1, -0.05) is 0 Å². The Labute approximate surface area is 127 Å². The molecule has 0 aliphatic heterocycles. The predicted molar refractivity (Wildman–Crippen MR) is 85.5 cm³/mol. The van der Waals surface area contributed by atoms with Crippen molar-refractivity contribution in [3.8, 4) is 0 Å². The normalized spacial score (nSPS) is 19.5. The zero-order valence-electron chi connectivity index (χ0n) is 13.2. The van der Waals surface area contributed by atoms with Gasteiger partial charge in [0, 0.05) is 55.9 Å². The lowest BCUT2D eigenvalue weighted by molar-refractivity contribution is 0.202. The Morgan fingerprint density at radius 1 is 1.38 bits per heavy atom. The highest BCUT2D eigenvalue weighted by Crippen LogP contribution is 2.37. The average Bonchev–Trinajstić information content (AvgIpc) is 3.40. The minimum atomic E-state index is 0.585. The number of hydrogen-bond acceptors (Lipinski definition) is 4. The minimum absolute atomic E-state index is 0.585. The van der Waals surface area contributed by atoms with Crippen LogP contribution >= 0.6 is 0 Å². The Morgan fingerprint density at radius 2 is 2.19 bits per heavy atom. The van der Waals surface area contributed by atoms with Crippen molar-refractivity contribution in [1.82, 2.24) is 10.3 Å². The van der Waals surface area contributed by atoms with Gasteiger partial charge < -0.3 is 15.0 Å². The second kappa shape index (κ2) is 6.75. The van der Waals surface area contributed by atoms with Crippen LogP contribution < -0.4 is 10.2 Å². The van der Waals surface area contributed by atoms with Crippen molar-refractivity contribution in [3.05, 3.63) is 24.0 Å². The first-order valence-corrected chi connectivity index (χ1v) is 8.21. The second-order valence-corrected chi connectivity index (χ2v) is 6.42. The summed E-state index contributed by atoms with van der Waals surface area (Å²) in [6.07, 6.45) is 9.30. The molecule has 0 aromatic carbocycles. The van der Waals surface area contributed by atoms with Crippen LogP contribution in [0.25, 0.3) is 0 Å². The third-order valence-electron chi connectivity index (χ3n) is 4.68. The lowest BCUT2D eigenvalue weighted by Crippen LogP contribution is -2.38. The molecule has 0 bridgehead atoms. The van der Waals surface area contributed by atoms with Crippen molar-refractivity contribution in [2.75, 3.05) is 25.2 Å². The summed E-state index contributed by atoms with van der Waals surface area (Å²) in [6, 6.07) is 3.48. The van der Waals surface area contributed by atoms with Crippen molar-refractivity contribution < 1.29 is 4.74 Å². The van der Waals surface area contributed by atoms with E-state index in [1.54, 1.807) is 7.11 Å². The summed E-state index contributed by atoms with van der Waals surface area (Å²) in [7, 11) is 1.78. The Hall–Kier alpha value is -1.13. The topological polar surface area (TPSA) is 37.4 Å². The fourth-order valence-corrected chi connectivity index (χ4v) is 2.94. The summed E-state index contributed by atoms with van der Waals surface area (Å²) in [5.41, 5.74) is 2.64. The SMILES string of the molecule is COCCN(c1ccncc1CNC1CC1)C(C)C1CC1. The van der Waals surface area contributed by atoms with E-state index in [0.29, 0.717) is 6.04 Å². The zero-order valence-corrected chi connectivity index (χ0v) is 13.2. The number of ether oxygens (including phenoxy) is 1. The van der Waals surface area contributed by atoms with Gasteiger partial charge >= 0.3 is 0 Å².